The third-order valence-electron chi connectivity index (χ3n) is 2.82. The maximum Gasteiger partial charge on any atom is 0.154 e. The molecule has 6 heteroatoms. The maximum atomic E-state index is 11.2. The van der Waals surface area contributed by atoms with Crippen LogP contribution in [0.3, 0.4) is 0 Å². The normalized spacial score (nSPS) is 11.1. The van der Waals surface area contributed by atoms with E-state index in [2.05, 4.69) is 4.98 Å². The lowest BCUT2D eigenvalue weighted by atomic mass is 10.1. The van der Waals surface area contributed by atoms with E-state index in [0.29, 0.717) is 16.9 Å². The number of carbonyl (C=O) groups is 1. The molecular weight excluding hydrogens is 294 g/mol. The SMILES string of the molecule is Cc1csc(SCc2c(C(=O)[O-])oc3ccccc23)n1. The first-order valence-corrected chi connectivity index (χ1v) is 7.78. The number of fused-ring (bicyclic) bond motifs is 1. The highest BCUT2D eigenvalue weighted by Gasteiger charge is 2.15. The number of thioether (sulfide) groups is 1. The molecule has 0 bridgehead atoms. The Morgan fingerprint density at radius 3 is 2.95 bits per heavy atom. The number of nitrogens with zero attached hydrogens (tertiary/aromatic N) is 1. The number of hydrogen-bond donors (Lipinski definition) is 0. The molecule has 0 aliphatic rings. The van der Waals surface area contributed by atoms with Crippen molar-refractivity contribution in [3.8, 4) is 0 Å². The molecule has 1 aromatic carbocycles. The molecule has 0 spiro atoms. The van der Waals surface area contributed by atoms with Crippen LogP contribution in [0.15, 0.2) is 38.4 Å². The molecule has 0 unspecified atom stereocenters. The Bertz CT molecular complexity index is 776. The predicted molar refractivity (Wildman–Crippen MR) is 77.0 cm³/mol. The summed E-state index contributed by atoms with van der Waals surface area (Å²) in [5.41, 5.74) is 2.19. The van der Waals surface area contributed by atoms with Crippen molar-refractivity contribution in [2.24, 2.45) is 0 Å². The van der Waals surface area contributed by atoms with Gasteiger partial charge in [-0.05, 0) is 13.0 Å². The van der Waals surface area contributed by atoms with Crippen LogP contribution in [0.1, 0.15) is 21.8 Å². The summed E-state index contributed by atoms with van der Waals surface area (Å²) in [5.74, 6) is -0.883. The van der Waals surface area contributed by atoms with E-state index >= 15 is 0 Å². The van der Waals surface area contributed by atoms with Crippen molar-refractivity contribution in [1.29, 1.82) is 0 Å². The van der Waals surface area contributed by atoms with Crippen molar-refractivity contribution < 1.29 is 14.3 Å². The van der Waals surface area contributed by atoms with Gasteiger partial charge >= 0.3 is 0 Å². The van der Waals surface area contributed by atoms with Crippen LogP contribution in [-0.2, 0) is 5.75 Å². The molecule has 0 fully saturated rings. The minimum Gasteiger partial charge on any atom is -0.542 e. The number of aryl methyl sites for hydroxylation is 1. The molecule has 0 saturated heterocycles. The minimum absolute atomic E-state index is 0.0908. The van der Waals surface area contributed by atoms with Crippen molar-refractivity contribution in [2.75, 3.05) is 0 Å². The highest BCUT2D eigenvalue weighted by Crippen LogP contribution is 2.32. The Labute approximate surface area is 123 Å². The lowest BCUT2D eigenvalue weighted by molar-refractivity contribution is -0.257. The van der Waals surface area contributed by atoms with Gasteiger partial charge in [0.05, 0.1) is 0 Å². The average molecular weight is 304 g/mol. The van der Waals surface area contributed by atoms with E-state index in [4.69, 9.17) is 4.42 Å². The van der Waals surface area contributed by atoms with Gasteiger partial charge in [-0.15, -0.1) is 11.3 Å². The molecule has 0 saturated carbocycles. The number of benzene rings is 1. The second-order valence-electron chi connectivity index (χ2n) is 4.24. The zero-order chi connectivity index (χ0) is 14.1. The fraction of sp³-hybridized carbons (Fsp3) is 0.143. The van der Waals surface area contributed by atoms with Gasteiger partial charge in [-0.3, -0.25) is 0 Å². The zero-order valence-corrected chi connectivity index (χ0v) is 12.2. The lowest BCUT2D eigenvalue weighted by Gasteiger charge is -2.02. The molecule has 2 heterocycles. The van der Waals surface area contributed by atoms with E-state index < -0.39 is 5.97 Å². The fourth-order valence-corrected chi connectivity index (χ4v) is 3.82. The zero-order valence-electron chi connectivity index (χ0n) is 10.6. The molecule has 4 nitrogen and oxygen atoms in total. The van der Waals surface area contributed by atoms with Crippen molar-refractivity contribution in [3.63, 3.8) is 0 Å². The molecule has 0 N–H and O–H groups in total. The van der Waals surface area contributed by atoms with Crippen molar-refractivity contribution in [3.05, 3.63) is 46.7 Å². The molecule has 0 atom stereocenters. The minimum atomic E-state index is -1.29. The summed E-state index contributed by atoms with van der Waals surface area (Å²) in [4.78, 5) is 15.5. The highest BCUT2D eigenvalue weighted by atomic mass is 32.2. The van der Waals surface area contributed by atoms with Gasteiger partial charge < -0.3 is 14.3 Å². The van der Waals surface area contributed by atoms with Crippen molar-refractivity contribution >= 4 is 40.0 Å². The predicted octanol–water partition coefficient (Wildman–Crippen LogP) is 2.85. The van der Waals surface area contributed by atoms with Crippen LogP contribution in [0, 0.1) is 6.92 Å². The van der Waals surface area contributed by atoms with Gasteiger partial charge in [0.2, 0.25) is 0 Å². The van der Waals surface area contributed by atoms with E-state index in [1.165, 1.54) is 11.8 Å². The summed E-state index contributed by atoms with van der Waals surface area (Å²) in [6, 6.07) is 7.28. The van der Waals surface area contributed by atoms with Crippen LogP contribution in [0.4, 0.5) is 0 Å². The van der Waals surface area contributed by atoms with Gasteiger partial charge in [0.1, 0.15) is 15.9 Å². The Kier molecular flexibility index (Phi) is 3.50. The smallest absolute Gasteiger partial charge is 0.154 e. The van der Waals surface area contributed by atoms with E-state index in [0.717, 1.165) is 15.4 Å². The third kappa shape index (κ3) is 2.44. The fourth-order valence-electron chi connectivity index (χ4n) is 1.94. The van der Waals surface area contributed by atoms with Gasteiger partial charge in [-0.1, -0.05) is 30.0 Å². The van der Waals surface area contributed by atoms with Crippen LogP contribution < -0.4 is 5.11 Å². The van der Waals surface area contributed by atoms with Crippen molar-refractivity contribution in [2.45, 2.75) is 17.0 Å². The molecule has 0 aliphatic heterocycles. The van der Waals surface area contributed by atoms with Crippen LogP contribution in [-0.4, -0.2) is 11.0 Å². The van der Waals surface area contributed by atoms with Crippen molar-refractivity contribution in [1.82, 2.24) is 4.98 Å². The third-order valence-corrected chi connectivity index (χ3v) is 4.99. The van der Waals surface area contributed by atoms with E-state index in [-0.39, 0.29) is 5.76 Å². The molecule has 0 amide bonds. The standard InChI is InChI=1S/C14H11NO3S2/c1-8-6-19-14(15-8)20-7-10-9-4-2-3-5-11(9)18-12(10)13(16)17/h2-6H,7H2,1H3,(H,16,17)/p-1. The number of para-hydroxylation sites is 1. The summed E-state index contributed by atoms with van der Waals surface area (Å²) >= 11 is 3.05. The second kappa shape index (κ2) is 5.30. The first kappa shape index (κ1) is 13.2. The molecule has 3 rings (SSSR count). The summed E-state index contributed by atoms with van der Waals surface area (Å²) in [7, 11) is 0. The maximum absolute atomic E-state index is 11.2. The number of carbonyl (C=O) groups excluding carboxylic acids is 1. The number of thiazole rings is 1. The molecule has 3 aromatic rings. The Hall–Kier alpha value is -1.79. The van der Waals surface area contributed by atoms with Gasteiger partial charge in [0.15, 0.2) is 5.76 Å². The first-order chi connectivity index (χ1) is 9.65. The number of aromatic nitrogens is 1. The number of aromatic carboxylic acids is 1. The number of rotatable bonds is 4. The molecule has 0 aliphatic carbocycles. The lowest BCUT2D eigenvalue weighted by Crippen LogP contribution is -2.22. The van der Waals surface area contributed by atoms with E-state index in [1.54, 1.807) is 17.4 Å². The first-order valence-electron chi connectivity index (χ1n) is 5.92. The second-order valence-corrected chi connectivity index (χ2v) is 6.32. The summed E-state index contributed by atoms with van der Waals surface area (Å²) < 4.78 is 6.28. The number of furan rings is 1. The van der Waals surface area contributed by atoms with Crippen LogP contribution in [0.25, 0.3) is 11.0 Å². The largest absolute Gasteiger partial charge is 0.542 e. The molecule has 20 heavy (non-hydrogen) atoms. The number of carboxylic acid groups (broad SMARTS) is 1. The van der Waals surface area contributed by atoms with E-state index in [9.17, 15) is 9.90 Å². The summed E-state index contributed by atoms with van der Waals surface area (Å²) in [5, 5.41) is 14.0. The monoisotopic (exact) mass is 304 g/mol. The Balaban J connectivity index is 1.96. The Morgan fingerprint density at radius 1 is 1.45 bits per heavy atom. The average Bonchev–Trinajstić information content (AvgIpc) is 3.00. The van der Waals surface area contributed by atoms with Crippen LogP contribution in [0.2, 0.25) is 0 Å². The van der Waals surface area contributed by atoms with Crippen LogP contribution in [0.5, 0.6) is 0 Å². The molecular formula is C14H10NO3S2-. The van der Waals surface area contributed by atoms with Gasteiger partial charge in [-0.2, -0.15) is 0 Å². The topological polar surface area (TPSA) is 66.2 Å². The summed E-state index contributed by atoms with van der Waals surface area (Å²) in [6.45, 7) is 1.93. The highest BCUT2D eigenvalue weighted by molar-refractivity contribution is 8.00. The van der Waals surface area contributed by atoms with Crippen LogP contribution >= 0.6 is 23.1 Å². The molecule has 0 radical (unpaired) electrons. The van der Waals surface area contributed by atoms with Gasteiger partial charge in [0.25, 0.3) is 0 Å². The quantitative estimate of drug-likeness (QED) is 0.693. The summed E-state index contributed by atoms with van der Waals surface area (Å²) in [6.07, 6.45) is 0. The molecule has 2 aromatic heterocycles. The number of carboxylic acids is 1. The van der Waals surface area contributed by atoms with Gasteiger partial charge in [0, 0.05) is 27.8 Å². The molecule has 102 valence electrons. The number of hydrogen-bond acceptors (Lipinski definition) is 6. The van der Waals surface area contributed by atoms with Gasteiger partial charge in [-0.25, -0.2) is 4.98 Å². The Morgan fingerprint density at radius 2 is 2.25 bits per heavy atom. The van der Waals surface area contributed by atoms with E-state index in [1.807, 2.05) is 30.5 Å².